The van der Waals surface area contributed by atoms with Gasteiger partial charge in [0.25, 0.3) is 0 Å². The molecule has 0 saturated carbocycles. The summed E-state index contributed by atoms with van der Waals surface area (Å²) in [5.41, 5.74) is 10.5. The highest BCUT2D eigenvalue weighted by molar-refractivity contribution is 9.10. The number of anilines is 1. The minimum absolute atomic E-state index is 0.0672. The van der Waals surface area contributed by atoms with Crippen LogP contribution in [0.1, 0.15) is 23.5 Å². The maximum absolute atomic E-state index is 3.52. The first-order chi connectivity index (χ1) is 11.8. The highest BCUT2D eigenvalue weighted by Gasteiger charge is 2.34. The minimum Gasteiger partial charge on any atom is -0.330 e. The summed E-state index contributed by atoms with van der Waals surface area (Å²) in [7, 11) is 0. The van der Waals surface area contributed by atoms with Crippen LogP contribution in [0.4, 0.5) is 5.69 Å². The molecule has 120 valence electrons. The van der Waals surface area contributed by atoms with E-state index >= 15 is 0 Å². The van der Waals surface area contributed by atoms with Gasteiger partial charge in [-0.3, -0.25) is 0 Å². The number of hydrogen-bond donors (Lipinski definition) is 2. The van der Waals surface area contributed by atoms with Gasteiger partial charge in [0.1, 0.15) is 12.3 Å². The highest BCUT2D eigenvalue weighted by Crippen LogP contribution is 2.36. The van der Waals surface area contributed by atoms with Crippen LogP contribution in [0.2, 0.25) is 0 Å². The van der Waals surface area contributed by atoms with Crippen molar-refractivity contribution in [2.45, 2.75) is 12.3 Å². The van der Waals surface area contributed by atoms with E-state index in [1.165, 1.54) is 16.8 Å². The molecule has 3 aromatic carbocycles. The molecule has 24 heavy (non-hydrogen) atoms. The molecule has 4 rings (SSSR count). The summed E-state index contributed by atoms with van der Waals surface area (Å²) in [6.45, 7) is 0. The molecule has 0 amide bonds. The molecular weight excluding hydrogens is 362 g/mol. The maximum Gasteiger partial charge on any atom is 0.120 e. The third kappa shape index (κ3) is 2.96. The van der Waals surface area contributed by atoms with Crippen LogP contribution in [0.15, 0.2) is 89.4 Å². The number of rotatable bonds is 3. The molecule has 1 aliphatic heterocycles. The van der Waals surface area contributed by atoms with Crippen LogP contribution in [0, 0.1) is 0 Å². The molecule has 3 aromatic rings. The van der Waals surface area contributed by atoms with E-state index < -0.39 is 0 Å². The van der Waals surface area contributed by atoms with Gasteiger partial charge in [-0.25, -0.2) is 10.9 Å². The second-order valence-electron chi connectivity index (χ2n) is 5.80. The zero-order chi connectivity index (χ0) is 16.4. The number of halogens is 1. The third-order valence-corrected chi connectivity index (χ3v) is 4.80. The fraction of sp³-hybridized carbons (Fsp3) is 0.100. The van der Waals surface area contributed by atoms with Crippen molar-refractivity contribution in [1.29, 1.82) is 0 Å². The van der Waals surface area contributed by atoms with Gasteiger partial charge in [0.05, 0.1) is 0 Å². The van der Waals surface area contributed by atoms with Gasteiger partial charge in [0, 0.05) is 10.2 Å². The summed E-state index contributed by atoms with van der Waals surface area (Å²) >= 11 is 3.52. The maximum atomic E-state index is 3.52. The molecule has 0 aliphatic carbocycles. The lowest BCUT2D eigenvalue weighted by Crippen LogP contribution is -2.29. The Morgan fingerprint density at radius 2 is 1.08 bits per heavy atom. The molecule has 0 aromatic heterocycles. The van der Waals surface area contributed by atoms with Gasteiger partial charge in [0.15, 0.2) is 0 Å². The Kier molecular flexibility index (Phi) is 4.34. The topological polar surface area (TPSA) is 27.3 Å². The summed E-state index contributed by atoms with van der Waals surface area (Å²) < 4.78 is 1.08. The van der Waals surface area contributed by atoms with Crippen molar-refractivity contribution in [2.75, 3.05) is 4.90 Å². The Hall–Kier alpha value is -2.14. The predicted molar refractivity (Wildman–Crippen MR) is 101 cm³/mol. The van der Waals surface area contributed by atoms with Gasteiger partial charge in [-0.05, 0) is 35.4 Å². The standard InChI is InChI=1S/C20H18BrN3/c21-17-11-13-18(14-12-17)24-19(15-7-3-1-4-8-15)22-23-20(24)16-9-5-2-6-10-16/h1-14,19-20,22-23H. The molecule has 2 unspecified atom stereocenters. The van der Waals surface area contributed by atoms with Crippen LogP contribution in [0.3, 0.4) is 0 Å². The lowest BCUT2D eigenvalue weighted by molar-refractivity contribution is 0.555. The van der Waals surface area contributed by atoms with Gasteiger partial charge in [-0.1, -0.05) is 76.6 Å². The van der Waals surface area contributed by atoms with Gasteiger partial charge in [-0.15, -0.1) is 0 Å². The molecule has 1 heterocycles. The Bertz CT molecular complexity index is 743. The Labute approximate surface area is 150 Å². The van der Waals surface area contributed by atoms with E-state index in [1.54, 1.807) is 0 Å². The summed E-state index contributed by atoms with van der Waals surface area (Å²) in [5.74, 6) is 0. The molecule has 2 N–H and O–H groups in total. The zero-order valence-electron chi connectivity index (χ0n) is 13.1. The fourth-order valence-corrected chi connectivity index (χ4v) is 3.38. The van der Waals surface area contributed by atoms with E-state index in [1.807, 2.05) is 12.1 Å². The Morgan fingerprint density at radius 3 is 1.54 bits per heavy atom. The third-order valence-electron chi connectivity index (χ3n) is 4.27. The van der Waals surface area contributed by atoms with Crippen LogP contribution in [-0.4, -0.2) is 0 Å². The molecule has 1 aliphatic rings. The molecule has 4 heteroatoms. The number of nitrogens with zero attached hydrogens (tertiary/aromatic N) is 1. The molecule has 0 spiro atoms. The second kappa shape index (κ2) is 6.77. The second-order valence-corrected chi connectivity index (χ2v) is 6.71. The van der Waals surface area contributed by atoms with E-state index in [-0.39, 0.29) is 12.3 Å². The normalized spacial score (nSPS) is 20.3. The van der Waals surface area contributed by atoms with E-state index in [0.717, 1.165) is 4.47 Å². The Balaban J connectivity index is 1.77. The van der Waals surface area contributed by atoms with Crippen molar-refractivity contribution < 1.29 is 0 Å². The molecule has 2 atom stereocenters. The van der Waals surface area contributed by atoms with Crippen molar-refractivity contribution in [3.63, 3.8) is 0 Å². The number of benzene rings is 3. The van der Waals surface area contributed by atoms with E-state index in [0.29, 0.717) is 0 Å². The van der Waals surface area contributed by atoms with Crippen LogP contribution >= 0.6 is 15.9 Å². The molecule has 3 nitrogen and oxygen atoms in total. The Morgan fingerprint density at radius 1 is 0.625 bits per heavy atom. The first-order valence-electron chi connectivity index (χ1n) is 7.98. The minimum atomic E-state index is 0.0672. The van der Waals surface area contributed by atoms with Crippen LogP contribution in [0.25, 0.3) is 0 Å². The summed E-state index contributed by atoms with van der Waals surface area (Å²) in [6, 6.07) is 29.5. The average Bonchev–Trinajstić information content (AvgIpc) is 3.09. The first kappa shape index (κ1) is 15.4. The van der Waals surface area contributed by atoms with Crippen molar-refractivity contribution in [3.8, 4) is 0 Å². The van der Waals surface area contributed by atoms with E-state index in [2.05, 4.69) is 104 Å². The lowest BCUT2D eigenvalue weighted by atomic mass is 10.1. The van der Waals surface area contributed by atoms with Crippen LogP contribution in [0.5, 0.6) is 0 Å². The quantitative estimate of drug-likeness (QED) is 0.686. The zero-order valence-corrected chi connectivity index (χ0v) is 14.6. The first-order valence-corrected chi connectivity index (χ1v) is 8.77. The van der Waals surface area contributed by atoms with E-state index in [9.17, 15) is 0 Å². The van der Waals surface area contributed by atoms with Crippen molar-refractivity contribution in [2.24, 2.45) is 0 Å². The molecule has 1 saturated heterocycles. The summed E-state index contributed by atoms with van der Waals surface area (Å²) in [4.78, 5) is 2.37. The van der Waals surface area contributed by atoms with Gasteiger partial charge in [-0.2, -0.15) is 0 Å². The van der Waals surface area contributed by atoms with E-state index in [4.69, 9.17) is 0 Å². The van der Waals surface area contributed by atoms with Crippen molar-refractivity contribution >= 4 is 21.6 Å². The van der Waals surface area contributed by atoms with Crippen LogP contribution in [-0.2, 0) is 0 Å². The van der Waals surface area contributed by atoms with Gasteiger partial charge < -0.3 is 4.90 Å². The molecule has 0 radical (unpaired) electrons. The predicted octanol–water partition coefficient (Wildman–Crippen LogP) is 4.76. The van der Waals surface area contributed by atoms with Crippen LogP contribution < -0.4 is 15.8 Å². The highest BCUT2D eigenvalue weighted by atomic mass is 79.9. The van der Waals surface area contributed by atoms with Crippen molar-refractivity contribution in [1.82, 2.24) is 10.9 Å². The number of hydrazine groups is 1. The van der Waals surface area contributed by atoms with Gasteiger partial charge >= 0.3 is 0 Å². The van der Waals surface area contributed by atoms with Crippen molar-refractivity contribution in [3.05, 3.63) is 101 Å². The lowest BCUT2D eigenvalue weighted by Gasteiger charge is -2.31. The molecule has 0 bridgehead atoms. The summed E-state index contributed by atoms with van der Waals surface area (Å²) in [6.07, 6.45) is 0.134. The largest absolute Gasteiger partial charge is 0.330 e. The number of hydrogen-bond acceptors (Lipinski definition) is 3. The fourth-order valence-electron chi connectivity index (χ4n) is 3.12. The van der Waals surface area contributed by atoms with Gasteiger partial charge in [0.2, 0.25) is 0 Å². The smallest absolute Gasteiger partial charge is 0.120 e. The summed E-state index contributed by atoms with van der Waals surface area (Å²) in [5, 5.41) is 0. The molecule has 1 fully saturated rings. The SMILES string of the molecule is Brc1ccc(N2C(c3ccccc3)NNC2c2ccccc2)cc1. The molecular formula is C20H18BrN3. The monoisotopic (exact) mass is 379 g/mol. The number of nitrogens with one attached hydrogen (secondary N) is 2. The average molecular weight is 380 g/mol.